The second-order valence-electron chi connectivity index (χ2n) is 6.39. The molecule has 0 aliphatic carbocycles. The van der Waals surface area contributed by atoms with Gasteiger partial charge in [-0.05, 0) is 47.6 Å². The van der Waals surface area contributed by atoms with Gasteiger partial charge in [0, 0.05) is 6.42 Å². The van der Waals surface area contributed by atoms with Crippen LogP contribution in [0.1, 0.15) is 43.4 Å². The van der Waals surface area contributed by atoms with Crippen molar-refractivity contribution < 1.29 is 19.1 Å². The molecule has 0 spiro atoms. The number of nitrogens with zero attached hydrogens (tertiary/aromatic N) is 1. The van der Waals surface area contributed by atoms with Crippen LogP contribution in [0.2, 0.25) is 0 Å². The van der Waals surface area contributed by atoms with Crippen LogP contribution in [0, 0.1) is 23.1 Å². The van der Waals surface area contributed by atoms with Gasteiger partial charge in [0.15, 0.2) is 0 Å². The number of Topliss-reactive ketones (excluding diaryl/α,β-unsaturated/α-hetero) is 1. The Bertz CT molecular complexity index is 899. The van der Waals surface area contributed by atoms with Crippen molar-refractivity contribution in [3.63, 3.8) is 0 Å². The van der Waals surface area contributed by atoms with Gasteiger partial charge in [-0.15, -0.1) is 0 Å². The van der Waals surface area contributed by atoms with Crippen LogP contribution in [0.5, 0.6) is 0 Å². The standard InChI is InChI=1S/C22H22FNO3/c1-3-7-20(25)19(22(26)27)12-14-10-11-18(16(4-2)21(14)23)17-9-6-5-8-15(17)13-24/h5-6,8-11,19H,3-4,7,12H2,1-2H3,(H,26,27). The minimum atomic E-state index is -1.25. The van der Waals surface area contributed by atoms with Gasteiger partial charge in [0.25, 0.3) is 0 Å². The van der Waals surface area contributed by atoms with Gasteiger partial charge in [-0.25, -0.2) is 4.39 Å². The number of carboxylic acid groups (broad SMARTS) is 1. The molecular weight excluding hydrogens is 345 g/mol. The Balaban J connectivity index is 2.49. The normalized spacial score (nSPS) is 11.6. The van der Waals surface area contributed by atoms with E-state index in [0.717, 1.165) is 0 Å². The molecule has 4 nitrogen and oxygen atoms in total. The molecule has 2 aromatic carbocycles. The Morgan fingerprint density at radius 3 is 2.44 bits per heavy atom. The van der Waals surface area contributed by atoms with Crippen molar-refractivity contribution in [2.24, 2.45) is 5.92 Å². The molecule has 0 radical (unpaired) electrons. The van der Waals surface area contributed by atoms with E-state index in [-0.39, 0.29) is 24.2 Å². The maximum absolute atomic E-state index is 15.1. The molecule has 0 bridgehead atoms. The highest BCUT2D eigenvalue weighted by molar-refractivity contribution is 5.98. The van der Waals surface area contributed by atoms with E-state index < -0.39 is 17.7 Å². The summed E-state index contributed by atoms with van der Waals surface area (Å²) in [6.45, 7) is 3.60. The molecular formula is C22H22FNO3. The molecule has 1 unspecified atom stereocenters. The number of carboxylic acids is 1. The second kappa shape index (κ2) is 9.09. The molecule has 0 aliphatic heterocycles. The fourth-order valence-electron chi connectivity index (χ4n) is 3.22. The van der Waals surface area contributed by atoms with Crippen LogP contribution >= 0.6 is 0 Å². The molecule has 27 heavy (non-hydrogen) atoms. The topological polar surface area (TPSA) is 78.2 Å². The molecule has 140 valence electrons. The lowest BCUT2D eigenvalue weighted by molar-refractivity contribution is -0.146. The van der Waals surface area contributed by atoms with E-state index in [1.165, 1.54) is 6.07 Å². The molecule has 2 aromatic rings. The first kappa shape index (κ1) is 20.3. The van der Waals surface area contributed by atoms with Crippen LogP contribution in [0.3, 0.4) is 0 Å². The number of ketones is 1. The average Bonchev–Trinajstić information content (AvgIpc) is 2.66. The number of carbonyl (C=O) groups is 2. The average molecular weight is 367 g/mol. The molecule has 0 aromatic heterocycles. The molecule has 0 fully saturated rings. The fraction of sp³-hybridized carbons (Fsp3) is 0.318. The number of nitriles is 1. The van der Waals surface area contributed by atoms with Gasteiger partial charge < -0.3 is 5.11 Å². The van der Waals surface area contributed by atoms with Gasteiger partial charge in [0.05, 0.1) is 11.6 Å². The zero-order valence-electron chi connectivity index (χ0n) is 15.5. The van der Waals surface area contributed by atoms with E-state index in [4.69, 9.17) is 0 Å². The lowest BCUT2D eigenvalue weighted by Gasteiger charge is -2.16. The maximum Gasteiger partial charge on any atom is 0.314 e. The zero-order valence-corrected chi connectivity index (χ0v) is 15.5. The van der Waals surface area contributed by atoms with Crippen LogP contribution in [0.15, 0.2) is 36.4 Å². The highest BCUT2D eigenvalue weighted by Crippen LogP contribution is 2.31. The zero-order chi connectivity index (χ0) is 20.0. The van der Waals surface area contributed by atoms with Gasteiger partial charge in [-0.1, -0.05) is 44.2 Å². The quantitative estimate of drug-likeness (QED) is 0.695. The number of hydrogen-bond acceptors (Lipinski definition) is 3. The third-order valence-corrected chi connectivity index (χ3v) is 4.62. The van der Waals surface area contributed by atoms with Crippen LogP contribution < -0.4 is 0 Å². The minimum absolute atomic E-state index is 0.160. The van der Waals surface area contributed by atoms with Crippen molar-refractivity contribution in [3.05, 3.63) is 58.9 Å². The molecule has 5 heteroatoms. The Morgan fingerprint density at radius 2 is 1.85 bits per heavy atom. The van der Waals surface area contributed by atoms with Gasteiger partial charge in [0.2, 0.25) is 0 Å². The van der Waals surface area contributed by atoms with Crippen LogP contribution in [-0.4, -0.2) is 16.9 Å². The Labute approximate surface area is 158 Å². The van der Waals surface area contributed by atoms with E-state index in [2.05, 4.69) is 6.07 Å². The molecule has 2 rings (SSSR count). The van der Waals surface area contributed by atoms with Crippen LogP contribution in [-0.2, 0) is 22.4 Å². The first-order valence-corrected chi connectivity index (χ1v) is 8.99. The summed E-state index contributed by atoms with van der Waals surface area (Å²) in [5.41, 5.74) is 2.33. The van der Waals surface area contributed by atoms with E-state index in [1.54, 1.807) is 44.2 Å². The first-order valence-electron chi connectivity index (χ1n) is 8.99. The van der Waals surface area contributed by atoms with Crippen molar-refractivity contribution in [3.8, 4) is 17.2 Å². The predicted molar refractivity (Wildman–Crippen MR) is 101 cm³/mol. The van der Waals surface area contributed by atoms with Gasteiger partial charge >= 0.3 is 5.97 Å². The fourth-order valence-corrected chi connectivity index (χ4v) is 3.22. The number of aliphatic carboxylic acids is 1. The van der Waals surface area contributed by atoms with Crippen molar-refractivity contribution in [1.82, 2.24) is 0 Å². The van der Waals surface area contributed by atoms with Gasteiger partial charge in [0.1, 0.15) is 17.5 Å². The predicted octanol–water partition coefficient (Wildman–Crippen LogP) is 4.54. The third kappa shape index (κ3) is 4.40. The van der Waals surface area contributed by atoms with Gasteiger partial charge in [-0.3, -0.25) is 9.59 Å². The van der Waals surface area contributed by atoms with E-state index in [1.807, 2.05) is 0 Å². The lowest BCUT2D eigenvalue weighted by Crippen LogP contribution is -2.26. The summed E-state index contributed by atoms with van der Waals surface area (Å²) in [4.78, 5) is 23.6. The Morgan fingerprint density at radius 1 is 1.15 bits per heavy atom. The van der Waals surface area contributed by atoms with E-state index in [0.29, 0.717) is 35.1 Å². The molecule has 0 saturated heterocycles. The number of hydrogen-bond donors (Lipinski definition) is 1. The van der Waals surface area contributed by atoms with E-state index in [9.17, 15) is 20.0 Å². The van der Waals surface area contributed by atoms with Crippen molar-refractivity contribution in [2.45, 2.75) is 39.5 Å². The summed E-state index contributed by atoms with van der Waals surface area (Å²) in [6, 6.07) is 12.3. The van der Waals surface area contributed by atoms with Crippen molar-refractivity contribution in [2.75, 3.05) is 0 Å². The second-order valence-corrected chi connectivity index (χ2v) is 6.39. The summed E-state index contributed by atoms with van der Waals surface area (Å²) in [5, 5.41) is 18.7. The monoisotopic (exact) mass is 367 g/mol. The van der Waals surface area contributed by atoms with Crippen LogP contribution in [0.25, 0.3) is 11.1 Å². The molecule has 0 heterocycles. The van der Waals surface area contributed by atoms with Gasteiger partial charge in [-0.2, -0.15) is 5.26 Å². The summed E-state index contributed by atoms with van der Waals surface area (Å²) in [6.07, 6.45) is 0.921. The highest BCUT2D eigenvalue weighted by atomic mass is 19.1. The molecule has 0 aliphatic rings. The Kier molecular flexibility index (Phi) is 6.84. The lowest BCUT2D eigenvalue weighted by atomic mass is 9.88. The summed E-state index contributed by atoms with van der Waals surface area (Å²) < 4.78 is 15.1. The summed E-state index contributed by atoms with van der Waals surface area (Å²) in [5.74, 6) is -3.37. The minimum Gasteiger partial charge on any atom is -0.481 e. The summed E-state index contributed by atoms with van der Waals surface area (Å²) in [7, 11) is 0. The molecule has 1 N–H and O–H groups in total. The van der Waals surface area contributed by atoms with Crippen molar-refractivity contribution in [1.29, 1.82) is 5.26 Å². The molecule has 0 saturated carbocycles. The SMILES string of the molecule is CCCC(=O)C(Cc1ccc(-c2ccccc2C#N)c(CC)c1F)C(=O)O. The number of benzene rings is 2. The van der Waals surface area contributed by atoms with Crippen molar-refractivity contribution >= 4 is 11.8 Å². The maximum atomic E-state index is 15.1. The smallest absolute Gasteiger partial charge is 0.314 e. The third-order valence-electron chi connectivity index (χ3n) is 4.62. The number of halogens is 1. The number of carbonyl (C=O) groups excluding carboxylic acids is 1. The number of rotatable bonds is 8. The van der Waals surface area contributed by atoms with E-state index >= 15 is 4.39 Å². The summed E-state index contributed by atoms with van der Waals surface area (Å²) >= 11 is 0. The molecule has 0 amide bonds. The largest absolute Gasteiger partial charge is 0.481 e. The highest BCUT2D eigenvalue weighted by Gasteiger charge is 2.27. The Hall–Kier alpha value is -3.00. The molecule has 1 atom stereocenters. The van der Waals surface area contributed by atoms with Crippen LogP contribution in [0.4, 0.5) is 4.39 Å². The first-order chi connectivity index (χ1) is 12.9.